The van der Waals surface area contributed by atoms with Crippen molar-refractivity contribution >= 4 is 11.5 Å². The minimum atomic E-state index is -0.282. The Morgan fingerprint density at radius 3 is 2.64 bits per heavy atom. The summed E-state index contributed by atoms with van der Waals surface area (Å²) in [7, 11) is 0. The molecule has 4 aromatic rings. The van der Waals surface area contributed by atoms with Crippen LogP contribution in [-0.4, -0.2) is 45.8 Å². The molecule has 1 fully saturated rings. The lowest BCUT2D eigenvalue weighted by molar-refractivity contribution is 0.0340. The number of nitrogens with two attached hydrogens (primary N) is 1. The average molecular weight is 448 g/mol. The molecule has 0 saturated carbocycles. The van der Waals surface area contributed by atoms with Crippen LogP contribution >= 0.6 is 0 Å². The largest absolute Gasteiger partial charge is 0.383 e. The highest BCUT2D eigenvalue weighted by Gasteiger charge is 2.20. The Balaban J connectivity index is 1.45. The zero-order chi connectivity index (χ0) is 22.9. The van der Waals surface area contributed by atoms with Gasteiger partial charge in [0.1, 0.15) is 17.3 Å². The van der Waals surface area contributed by atoms with E-state index in [-0.39, 0.29) is 17.3 Å². The number of nitrogens with one attached hydrogen (secondary N) is 1. The molecule has 1 atom stereocenters. The second kappa shape index (κ2) is 8.80. The van der Waals surface area contributed by atoms with Gasteiger partial charge < -0.3 is 15.5 Å². The number of anilines is 1. The lowest BCUT2D eigenvalue weighted by atomic mass is 9.95. The molecule has 0 spiro atoms. The number of hydrogen-bond acceptors (Lipinski definition) is 5. The molecule has 0 amide bonds. The zero-order valence-electron chi connectivity index (χ0n) is 18.4. The molecule has 7 nitrogen and oxygen atoms in total. The van der Waals surface area contributed by atoms with Gasteiger partial charge in [-0.25, -0.2) is 8.91 Å². The van der Waals surface area contributed by atoms with Crippen molar-refractivity contribution in [2.45, 2.75) is 19.4 Å². The summed E-state index contributed by atoms with van der Waals surface area (Å²) in [6.45, 7) is 5.19. The van der Waals surface area contributed by atoms with Gasteiger partial charge in [0.2, 0.25) is 0 Å². The van der Waals surface area contributed by atoms with Gasteiger partial charge in [0.15, 0.2) is 0 Å². The number of benzene rings is 2. The van der Waals surface area contributed by atoms with Gasteiger partial charge in [-0.3, -0.25) is 9.69 Å². The molecule has 8 heteroatoms. The third-order valence-corrected chi connectivity index (χ3v) is 6.29. The second-order valence-corrected chi connectivity index (χ2v) is 8.40. The van der Waals surface area contributed by atoms with Crippen molar-refractivity contribution in [2.24, 2.45) is 0 Å². The van der Waals surface area contributed by atoms with Gasteiger partial charge in [-0.2, -0.15) is 5.10 Å². The normalized spacial score (nSPS) is 15.7. The van der Waals surface area contributed by atoms with Gasteiger partial charge in [0, 0.05) is 37.2 Å². The first-order valence-corrected chi connectivity index (χ1v) is 11.1. The number of morpholine rings is 1. The Morgan fingerprint density at radius 2 is 1.91 bits per heavy atom. The Bertz CT molecular complexity index is 1340. The van der Waals surface area contributed by atoms with Crippen LogP contribution in [-0.2, 0) is 11.3 Å². The molecule has 0 radical (unpaired) electrons. The van der Waals surface area contributed by atoms with Gasteiger partial charge in [0.25, 0.3) is 5.56 Å². The maximum atomic E-state index is 14.9. The molecule has 0 bridgehead atoms. The number of hydrogen-bond donors (Lipinski definition) is 2. The first-order chi connectivity index (χ1) is 16.0. The van der Waals surface area contributed by atoms with E-state index in [1.165, 1.54) is 0 Å². The Kier molecular flexibility index (Phi) is 5.70. The molecule has 33 heavy (non-hydrogen) atoms. The SMILES string of the molecule is CC(c1ccc(-c2ccccc2)c(F)c1)c1cc2[nH]c(=O)c(CN3CCOCC3)c(N)n2n1. The zero-order valence-corrected chi connectivity index (χ0v) is 18.4. The molecule has 170 valence electrons. The second-order valence-electron chi connectivity index (χ2n) is 8.40. The van der Waals surface area contributed by atoms with E-state index >= 15 is 0 Å². The molecule has 3 N–H and O–H groups in total. The van der Waals surface area contributed by atoms with Gasteiger partial charge in [-0.15, -0.1) is 0 Å². The third-order valence-electron chi connectivity index (χ3n) is 6.29. The number of fused-ring (bicyclic) bond motifs is 1. The molecule has 1 aliphatic heterocycles. The summed E-state index contributed by atoms with van der Waals surface area (Å²) in [5, 5.41) is 4.65. The van der Waals surface area contributed by atoms with Crippen LogP contribution in [0.1, 0.15) is 29.7 Å². The van der Waals surface area contributed by atoms with Crippen molar-refractivity contribution in [3.63, 3.8) is 0 Å². The Hall–Kier alpha value is -3.49. The van der Waals surface area contributed by atoms with E-state index in [0.29, 0.717) is 48.0 Å². The fraction of sp³-hybridized carbons (Fsp3) is 0.280. The fourth-order valence-corrected chi connectivity index (χ4v) is 4.28. The molecular formula is C25H26FN5O2. The maximum absolute atomic E-state index is 14.9. The first-order valence-electron chi connectivity index (χ1n) is 11.1. The van der Waals surface area contributed by atoms with Crippen molar-refractivity contribution in [3.8, 4) is 11.1 Å². The van der Waals surface area contributed by atoms with E-state index in [1.807, 2.05) is 43.3 Å². The predicted molar refractivity (Wildman–Crippen MR) is 126 cm³/mol. The van der Waals surface area contributed by atoms with Crippen LogP contribution in [0.15, 0.2) is 59.4 Å². The average Bonchev–Trinajstić information content (AvgIpc) is 3.26. The molecule has 2 aromatic heterocycles. The van der Waals surface area contributed by atoms with Crippen molar-refractivity contribution in [2.75, 3.05) is 32.0 Å². The minimum absolute atomic E-state index is 0.185. The molecule has 1 aliphatic rings. The molecule has 3 heterocycles. The van der Waals surface area contributed by atoms with Crippen molar-refractivity contribution in [1.29, 1.82) is 0 Å². The van der Waals surface area contributed by atoms with Crippen LogP contribution in [0.2, 0.25) is 0 Å². The number of ether oxygens (including phenoxy) is 1. The summed E-state index contributed by atoms with van der Waals surface area (Å²) in [6.07, 6.45) is 0. The highest BCUT2D eigenvalue weighted by Crippen LogP contribution is 2.29. The number of nitrogens with zero attached hydrogens (tertiary/aromatic N) is 3. The summed E-state index contributed by atoms with van der Waals surface area (Å²) < 4.78 is 21.8. The van der Waals surface area contributed by atoms with Crippen molar-refractivity contribution < 1.29 is 9.13 Å². The standard InChI is InChI=1S/C25H26FN5O2/c1-16(18-7-8-19(21(26)13-18)17-5-3-2-4-6-17)22-14-23-28-25(32)20(24(27)31(23)29-22)15-30-9-11-33-12-10-30/h2-8,13-14,16H,9-12,15,27H2,1H3,(H,28,32). The molecule has 0 aliphatic carbocycles. The highest BCUT2D eigenvalue weighted by molar-refractivity contribution is 5.64. The number of rotatable bonds is 5. The molecule has 1 unspecified atom stereocenters. The fourth-order valence-electron chi connectivity index (χ4n) is 4.28. The molecule has 2 aromatic carbocycles. The minimum Gasteiger partial charge on any atom is -0.383 e. The topological polar surface area (TPSA) is 88.6 Å². The summed E-state index contributed by atoms with van der Waals surface area (Å²) >= 11 is 0. The van der Waals surface area contributed by atoms with Gasteiger partial charge in [-0.1, -0.05) is 49.4 Å². The van der Waals surface area contributed by atoms with Crippen LogP contribution in [0, 0.1) is 5.82 Å². The van der Waals surface area contributed by atoms with E-state index in [9.17, 15) is 9.18 Å². The number of H-pyrrole nitrogens is 1. The maximum Gasteiger partial charge on any atom is 0.257 e. The summed E-state index contributed by atoms with van der Waals surface area (Å²) in [5.74, 6) is -0.144. The van der Waals surface area contributed by atoms with E-state index in [0.717, 1.165) is 24.2 Å². The van der Waals surface area contributed by atoms with Crippen LogP contribution in [0.4, 0.5) is 10.2 Å². The van der Waals surface area contributed by atoms with Crippen LogP contribution < -0.4 is 11.3 Å². The van der Waals surface area contributed by atoms with Crippen molar-refractivity contribution in [1.82, 2.24) is 19.5 Å². The van der Waals surface area contributed by atoms with E-state index in [2.05, 4.69) is 15.0 Å². The quantitative estimate of drug-likeness (QED) is 0.490. The lowest BCUT2D eigenvalue weighted by Gasteiger charge is -2.26. The van der Waals surface area contributed by atoms with E-state index in [1.54, 1.807) is 22.7 Å². The summed E-state index contributed by atoms with van der Waals surface area (Å²) in [5.41, 5.74) is 10.0. The van der Waals surface area contributed by atoms with Gasteiger partial charge in [0.05, 0.1) is 24.5 Å². The first kappa shape index (κ1) is 21.4. The van der Waals surface area contributed by atoms with Crippen LogP contribution in [0.25, 0.3) is 16.8 Å². The Labute approximate surface area is 190 Å². The smallest absolute Gasteiger partial charge is 0.257 e. The molecule has 1 saturated heterocycles. The summed E-state index contributed by atoms with van der Waals surface area (Å²) in [6, 6.07) is 16.5. The monoisotopic (exact) mass is 447 g/mol. The van der Waals surface area contributed by atoms with Gasteiger partial charge in [-0.05, 0) is 17.2 Å². The lowest BCUT2D eigenvalue weighted by Crippen LogP contribution is -2.37. The number of aromatic amines is 1. The Morgan fingerprint density at radius 1 is 1.15 bits per heavy atom. The molecule has 5 rings (SSSR count). The molecular weight excluding hydrogens is 421 g/mol. The predicted octanol–water partition coefficient (Wildman–Crippen LogP) is 3.39. The van der Waals surface area contributed by atoms with Crippen LogP contribution in [0.3, 0.4) is 0 Å². The highest BCUT2D eigenvalue weighted by atomic mass is 19.1. The van der Waals surface area contributed by atoms with E-state index in [4.69, 9.17) is 10.5 Å². The number of aromatic nitrogens is 3. The summed E-state index contributed by atoms with van der Waals surface area (Å²) in [4.78, 5) is 17.7. The van der Waals surface area contributed by atoms with Crippen LogP contribution in [0.5, 0.6) is 0 Å². The third kappa shape index (κ3) is 4.15. The van der Waals surface area contributed by atoms with Gasteiger partial charge >= 0.3 is 0 Å². The van der Waals surface area contributed by atoms with E-state index < -0.39 is 0 Å². The number of nitrogen functional groups attached to an aromatic ring is 1. The van der Waals surface area contributed by atoms with Crippen molar-refractivity contribution in [3.05, 3.63) is 87.6 Å². The number of halogens is 1.